The molecule has 0 aromatic carbocycles. The zero-order chi connectivity index (χ0) is 18.2. The van der Waals surface area contributed by atoms with Gasteiger partial charge in [0.25, 0.3) is 0 Å². The van der Waals surface area contributed by atoms with Crippen LogP contribution in [0.3, 0.4) is 0 Å². The average Bonchev–Trinajstić information content (AvgIpc) is 2.59. The third kappa shape index (κ3) is 6.80. The lowest BCUT2D eigenvalue weighted by Crippen LogP contribution is -2.48. The maximum atomic E-state index is 5.83. The molecule has 0 aliphatic carbocycles. The van der Waals surface area contributed by atoms with Crippen molar-refractivity contribution >= 4 is 11.5 Å². The zero-order valence-electron chi connectivity index (χ0n) is 15.6. The van der Waals surface area contributed by atoms with Gasteiger partial charge in [0, 0.05) is 68.1 Å². The molecule has 0 amide bonds. The van der Waals surface area contributed by atoms with Crippen molar-refractivity contribution in [2.24, 2.45) is 16.5 Å². The van der Waals surface area contributed by atoms with Gasteiger partial charge in [-0.15, -0.1) is 0 Å². The molecule has 2 rings (SSSR count). The van der Waals surface area contributed by atoms with Crippen LogP contribution in [0, 0.1) is 0 Å². The van der Waals surface area contributed by atoms with Gasteiger partial charge in [0.15, 0.2) is 0 Å². The minimum Gasteiger partial charge on any atom is -0.401 e. The number of aryl methyl sites for hydroxylation is 1. The Morgan fingerprint density at radius 2 is 2.00 bits per heavy atom. The number of nitrogens with zero attached hydrogens (tertiary/aromatic N) is 5. The van der Waals surface area contributed by atoms with Crippen LogP contribution in [0.2, 0.25) is 0 Å². The first-order chi connectivity index (χ1) is 11.9. The molecule has 1 aliphatic rings. The van der Waals surface area contributed by atoms with Gasteiger partial charge in [0.05, 0.1) is 0 Å². The van der Waals surface area contributed by atoms with E-state index in [1.54, 1.807) is 12.5 Å². The van der Waals surface area contributed by atoms with Crippen LogP contribution in [-0.2, 0) is 6.42 Å². The number of anilines is 1. The molecule has 0 radical (unpaired) electrons. The zero-order valence-corrected chi connectivity index (χ0v) is 15.6. The predicted octanol–water partition coefficient (Wildman–Crippen LogP) is 1.16. The van der Waals surface area contributed by atoms with Crippen molar-refractivity contribution < 1.29 is 0 Å². The van der Waals surface area contributed by atoms with Gasteiger partial charge in [-0.2, -0.15) is 0 Å². The summed E-state index contributed by atoms with van der Waals surface area (Å²) in [5.74, 6) is 1.02. The molecule has 1 aromatic heterocycles. The highest BCUT2D eigenvalue weighted by Crippen LogP contribution is 2.15. The fraction of sp³-hybridized carbons (Fsp3) is 0.611. The Kier molecular flexibility index (Phi) is 7.33. The van der Waals surface area contributed by atoms with Gasteiger partial charge in [0.1, 0.15) is 12.1 Å². The lowest BCUT2D eigenvalue weighted by molar-refractivity contribution is 0.290. The number of hydrogen-bond acceptors (Lipinski definition) is 7. The molecule has 1 saturated heterocycles. The van der Waals surface area contributed by atoms with E-state index in [2.05, 4.69) is 30.8 Å². The maximum absolute atomic E-state index is 5.83. The Bertz CT molecular complexity index is 597. The van der Waals surface area contributed by atoms with E-state index in [4.69, 9.17) is 11.5 Å². The van der Waals surface area contributed by atoms with Crippen LogP contribution in [0.4, 0.5) is 5.82 Å². The molecule has 2 heterocycles. The van der Waals surface area contributed by atoms with E-state index in [1.165, 1.54) is 0 Å². The smallest absolute Gasteiger partial charge is 0.132 e. The summed E-state index contributed by atoms with van der Waals surface area (Å²) in [5, 5.41) is 0. The summed E-state index contributed by atoms with van der Waals surface area (Å²) < 4.78 is 0. The molecule has 0 bridgehead atoms. The van der Waals surface area contributed by atoms with Crippen molar-refractivity contribution in [1.29, 1.82) is 0 Å². The van der Waals surface area contributed by atoms with Crippen LogP contribution in [0.5, 0.6) is 0 Å². The Balaban J connectivity index is 1.86. The van der Waals surface area contributed by atoms with Crippen molar-refractivity contribution in [3.05, 3.63) is 30.0 Å². The molecular weight excluding hydrogens is 314 g/mol. The van der Waals surface area contributed by atoms with Gasteiger partial charge in [-0.05, 0) is 33.6 Å². The summed E-state index contributed by atoms with van der Waals surface area (Å²) in [6, 6.07) is 2.30. The standard InChI is InChI=1S/C18H31N7/c1-14(19)4-5-17-10-18(23-13-22-17)25-8-6-24(7-9-25)12-16(3)21-11-15(2)20/h10-11,13-14H,4-9,12,19-20H2,1-3H3/b15-11-,21-16?. The molecular formula is C18H31N7. The lowest BCUT2D eigenvalue weighted by Gasteiger charge is -2.35. The lowest BCUT2D eigenvalue weighted by atomic mass is 10.1. The normalized spacial score (nSPS) is 18.5. The molecule has 25 heavy (non-hydrogen) atoms. The Morgan fingerprint density at radius 1 is 1.28 bits per heavy atom. The Morgan fingerprint density at radius 3 is 2.64 bits per heavy atom. The molecule has 1 unspecified atom stereocenters. The largest absolute Gasteiger partial charge is 0.401 e. The molecule has 7 heteroatoms. The first kappa shape index (κ1) is 19.3. The van der Waals surface area contributed by atoms with Gasteiger partial charge >= 0.3 is 0 Å². The summed E-state index contributed by atoms with van der Waals surface area (Å²) in [4.78, 5) is 17.9. The first-order valence-electron chi connectivity index (χ1n) is 8.93. The van der Waals surface area contributed by atoms with Crippen LogP contribution in [0.25, 0.3) is 0 Å². The molecule has 1 fully saturated rings. The molecule has 1 aromatic rings. The van der Waals surface area contributed by atoms with Crippen molar-refractivity contribution in [1.82, 2.24) is 14.9 Å². The second-order valence-corrected chi connectivity index (χ2v) is 6.88. The second kappa shape index (κ2) is 9.48. The van der Waals surface area contributed by atoms with Crippen molar-refractivity contribution in [3.63, 3.8) is 0 Å². The van der Waals surface area contributed by atoms with E-state index in [9.17, 15) is 0 Å². The number of rotatable bonds is 7. The number of aliphatic imine (C=N–C) groups is 1. The second-order valence-electron chi connectivity index (χ2n) is 6.88. The maximum Gasteiger partial charge on any atom is 0.132 e. The molecule has 7 nitrogen and oxygen atoms in total. The van der Waals surface area contributed by atoms with E-state index in [0.717, 1.165) is 68.5 Å². The Labute approximate surface area is 150 Å². The minimum absolute atomic E-state index is 0.199. The number of allylic oxidation sites excluding steroid dienone is 1. The van der Waals surface area contributed by atoms with Crippen molar-refractivity contribution in [2.45, 2.75) is 39.7 Å². The highest BCUT2D eigenvalue weighted by molar-refractivity contribution is 5.84. The van der Waals surface area contributed by atoms with Crippen LogP contribution in [0.15, 0.2) is 29.3 Å². The SMILES string of the molecule is CC(CN1CCN(c2cc(CCC(C)N)ncn2)CC1)=N/C=C(/C)N. The van der Waals surface area contributed by atoms with Crippen LogP contribution in [0.1, 0.15) is 32.9 Å². The molecule has 1 atom stereocenters. The van der Waals surface area contributed by atoms with Gasteiger partial charge in [0.2, 0.25) is 0 Å². The summed E-state index contributed by atoms with van der Waals surface area (Å²) in [6.07, 6.45) is 5.23. The third-order valence-corrected chi connectivity index (χ3v) is 4.20. The van der Waals surface area contributed by atoms with E-state index < -0.39 is 0 Å². The van der Waals surface area contributed by atoms with Crippen LogP contribution >= 0.6 is 0 Å². The quantitative estimate of drug-likeness (QED) is 0.720. The van der Waals surface area contributed by atoms with Gasteiger partial charge in [-0.1, -0.05) is 0 Å². The van der Waals surface area contributed by atoms with E-state index in [-0.39, 0.29) is 6.04 Å². The third-order valence-electron chi connectivity index (χ3n) is 4.20. The fourth-order valence-corrected chi connectivity index (χ4v) is 2.78. The first-order valence-corrected chi connectivity index (χ1v) is 8.93. The topological polar surface area (TPSA) is 96.7 Å². The van der Waals surface area contributed by atoms with Crippen LogP contribution in [-0.4, -0.2) is 59.3 Å². The van der Waals surface area contributed by atoms with Crippen LogP contribution < -0.4 is 16.4 Å². The van der Waals surface area contributed by atoms with Gasteiger partial charge in [-0.25, -0.2) is 9.97 Å². The fourth-order valence-electron chi connectivity index (χ4n) is 2.78. The summed E-state index contributed by atoms with van der Waals surface area (Å²) in [7, 11) is 0. The van der Waals surface area contributed by atoms with Crippen molar-refractivity contribution in [3.8, 4) is 0 Å². The monoisotopic (exact) mass is 345 g/mol. The van der Waals surface area contributed by atoms with Gasteiger partial charge < -0.3 is 16.4 Å². The highest BCUT2D eigenvalue weighted by Gasteiger charge is 2.18. The Hall–Kier alpha value is -1.99. The minimum atomic E-state index is 0.199. The number of piperazine rings is 1. The summed E-state index contributed by atoms with van der Waals surface area (Å²) >= 11 is 0. The molecule has 1 aliphatic heterocycles. The highest BCUT2D eigenvalue weighted by atomic mass is 15.3. The van der Waals surface area contributed by atoms with E-state index >= 15 is 0 Å². The number of aromatic nitrogens is 2. The average molecular weight is 345 g/mol. The predicted molar refractivity (Wildman–Crippen MR) is 104 cm³/mol. The molecule has 138 valence electrons. The number of hydrogen-bond donors (Lipinski definition) is 2. The molecule has 4 N–H and O–H groups in total. The molecule has 0 saturated carbocycles. The van der Waals surface area contributed by atoms with Crippen molar-refractivity contribution in [2.75, 3.05) is 37.6 Å². The molecule has 0 spiro atoms. The van der Waals surface area contributed by atoms with E-state index in [1.807, 2.05) is 20.8 Å². The summed E-state index contributed by atoms with van der Waals surface area (Å²) in [6.45, 7) is 10.7. The van der Waals surface area contributed by atoms with Gasteiger partial charge in [-0.3, -0.25) is 9.89 Å². The summed E-state index contributed by atoms with van der Waals surface area (Å²) in [5.41, 5.74) is 14.3. The van der Waals surface area contributed by atoms with E-state index in [0.29, 0.717) is 0 Å². The number of nitrogens with two attached hydrogens (primary N) is 2.